The Kier molecular flexibility index (Phi) is 6.17. The molecule has 29 heavy (non-hydrogen) atoms. The molecule has 0 amide bonds. The van der Waals surface area contributed by atoms with E-state index in [0.717, 1.165) is 31.6 Å². The molecule has 2 aliphatic heterocycles. The van der Waals surface area contributed by atoms with Gasteiger partial charge in [0.25, 0.3) is 0 Å². The maximum atomic E-state index is 12.9. The number of halogens is 3. The van der Waals surface area contributed by atoms with Crippen molar-refractivity contribution in [3.05, 3.63) is 83.5 Å². The predicted molar refractivity (Wildman–Crippen MR) is 107 cm³/mol. The molecule has 0 atom stereocenters. The Morgan fingerprint density at radius 3 is 2.45 bits per heavy atom. The van der Waals surface area contributed by atoms with Crippen molar-refractivity contribution in [1.82, 2.24) is 9.80 Å². The molecular weight excluding hydrogens is 375 g/mol. The highest BCUT2D eigenvalue weighted by atomic mass is 19.4. The van der Waals surface area contributed by atoms with E-state index in [4.69, 9.17) is 0 Å². The first kappa shape index (κ1) is 20.8. The Morgan fingerprint density at radius 1 is 1.24 bits per heavy atom. The molecule has 0 saturated carbocycles. The van der Waals surface area contributed by atoms with Gasteiger partial charge in [0, 0.05) is 25.0 Å². The van der Waals surface area contributed by atoms with Crippen LogP contribution in [0.2, 0.25) is 0 Å². The van der Waals surface area contributed by atoms with Crippen molar-refractivity contribution in [3.63, 3.8) is 0 Å². The van der Waals surface area contributed by atoms with Crippen molar-refractivity contribution in [2.45, 2.75) is 38.3 Å². The summed E-state index contributed by atoms with van der Waals surface area (Å²) < 4.78 is 38.7. The molecule has 1 saturated heterocycles. The van der Waals surface area contributed by atoms with E-state index in [1.807, 2.05) is 18.2 Å². The third-order valence-electron chi connectivity index (χ3n) is 5.46. The van der Waals surface area contributed by atoms with Gasteiger partial charge in [0.15, 0.2) is 0 Å². The maximum Gasteiger partial charge on any atom is 0.394 e. The smallest absolute Gasteiger partial charge is 0.370 e. The summed E-state index contributed by atoms with van der Waals surface area (Å²) in [5.41, 5.74) is 2.73. The van der Waals surface area contributed by atoms with Crippen LogP contribution in [0.25, 0.3) is 0 Å². The molecule has 0 aromatic heterocycles. The van der Waals surface area contributed by atoms with Gasteiger partial charge in [0.05, 0.1) is 23.4 Å². The van der Waals surface area contributed by atoms with Gasteiger partial charge in [-0.2, -0.15) is 18.4 Å². The first-order chi connectivity index (χ1) is 13.8. The number of likely N-dealkylation sites (tertiary alicyclic amines) is 1. The fraction of sp³-hybridized carbons (Fsp3) is 0.348. The van der Waals surface area contributed by atoms with Crippen LogP contribution < -0.4 is 0 Å². The van der Waals surface area contributed by atoms with Crippen LogP contribution in [0.4, 0.5) is 13.2 Å². The van der Waals surface area contributed by atoms with Crippen LogP contribution in [0.3, 0.4) is 0 Å². The van der Waals surface area contributed by atoms with E-state index < -0.39 is 12.6 Å². The van der Waals surface area contributed by atoms with Crippen LogP contribution in [0, 0.1) is 11.3 Å². The fourth-order valence-corrected chi connectivity index (χ4v) is 3.95. The Labute approximate surface area is 169 Å². The number of hydrogen-bond acceptors (Lipinski definition) is 3. The van der Waals surface area contributed by atoms with Crippen LogP contribution in [0.5, 0.6) is 0 Å². The first-order valence-corrected chi connectivity index (χ1v) is 9.67. The Hall–Kier alpha value is -2.94. The van der Waals surface area contributed by atoms with Crippen LogP contribution in [0.15, 0.2) is 77.9 Å². The second-order valence-electron chi connectivity index (χ2n) is 7.25. The molecule has 1 aromatic rings. The van der Waals surface area contributed by atoms with Crippen molar-refractivity contribution < 1.29 is 13.2 Å². The standard InChI is InChI=1S/C23H24F3N3/c1-3-20(15-23(24,25)26)29-14-11-22(21(16-27)17(29)2)28-12-9-19(10-13-28)18-7-5-4-6-8-18/h3-8,11,14,19H,2,9-10,12-13,15H2,1H3/b20-3-. The lowest BCUT2D eigenvalue weighted by atomic mass is 9.89. The van der Waals surface area contributed by atoms with Crippen molar-refractivity contribution in [2.24, 2.45) is 0 Å². The SMILES string of the molecule is C=C1C(C#N)=C(N2CCC(c3ccccc3)CC2)C=CN1/C(=C\C)CC(F)(F)F. The van der Waals surface area contributed by atoms with E-state index in [9.17, 15) is 18.4 Å². The topological polar surface area (TPSA) is 30.3 Å². The zero-order valence-corrected chi connectivity index (χ0v) is 16.4. The van der Waals surface area contributed by atoms with Crippen LogP contribution >= 0.6 is 0 Å². The molecule has 2 heterocycles. The molecule has 0 spiro atoms. The number of alkyl halides is 3. The second kappa shape index (κ2) is 8.60. The van der Waals surface area contributed by atoms with E-state index in [1.165, 1.54) is 16.5 Å². The predicted octanol–water partition coefficient (Wildman–Crippen LogP) is 5.84. The second-order valence-corrected chi connectivity index (χ2v) is 7.25. The lowest BCUT2D eigenvalue weighted by molar-refractivity contribution is -0.129. The van der Waals surface area contributed by atoms with Gasteiger partial charge >= 0.3 is 6.18 Å². The van der Waals surface area contributed by atoms with Crippen molar-refractivity contribution >= 4 is 0 Å². The average Bonchev–Trinajstić information content (AvgIpc) is 2.72. The molecule has 6 heteroatoms. The van der Waals surface area contributed by atoms with Gasteiger partial charge in [-0.15, -0.1) is 0 Å². The molecule has 0 N–H and O–H groups in total. The molecule has 2 aliphatic rings. The molecule has 1 aromatic carbocycles. The monoisotopic (exact) mass is 399 g/mol. The van der Waals surface area contributed by atoms with E-state index >= 15 is 0 Å². The summed E-state index contributed by atoms with van der Waals surface area (Å²) in [6.07, 6.45) is 1.26. The number of allylic oxidation sites excluding steroid dienone is 4. The summed E-state index contributed by atoms with van der Waals surface area (Å²) in [7, 11) is 0. The van der Waals surface area contributed by atoms with Gasteiger partial charge in [0.2, 0.25) is 0 Å². The van der Waals surface area contributed by atoms with E-state index in [-0.39, 0.29) is 11.4 Å². The average molecular weight is 399 g/mol. The highest BCUT2D eigenvalue weighted by molar-refractivity contribution is 5.52. The Morgan fingerprint density at radius 2 is 1.90 bits per heavy atom. The van der Waals surface area contributed by atoms with Crippen LogP contribution in [-0.4, -0.2) is 29.1 Å². The number of hydrogen-bond donors (Lipinski definition) is 0. The Bertz CT molecular complexity index is 880. The van der Waals surface area contributed by atoms with Gasteiger partial charge in [-0.1, -0.05) is 43.0 Å². The summed E-state index contributed by atoms with van der Waals surface area (Å²) in [4.78, 5) is 3.50. The summed E-state index contributed by atoms with van der Waals surface area (Å²) in [6.45, 7) is 7.05. The van der Waals surface area contributed by atoms with Crippen molar-refractivity contribution in [3.8, 4) is 6.07 Å². The van der Waals surface area contributed by atoms with E-state index in [2.05, 4.69) is 29.7 Å². The zero-order chi connectivity index (χ0) is 21.0. The first-order valence-electron chi connectivity index (χ1n) is 9.67. The highest BCUT2D eigenvalue weighted by Gasteiger charge is 2.33. The molecule has 152 valence electrons. The number of rotatable bonds is 4. The van der Waals surface area contributed by atoms with Crippen molar-refractivity contribution in [2.75, 3.05) is 13.1 Å². The van der Waals surface area contributed by atoms with Gasteiger partial charge in [-0.25, -0.2) is 0 Å². The largest absolute Gasteiger partial charge is 0.394 e. The normalized spacial score (nSPS) is 19.0. The molecule has 0 unspecified atom stereocenters. The molecule has 1 fully saturated rings. The summed E-state index contributed by atoms with van der Waals surface area (Å²) in [6, 6.07) is 12.5. The fourth-order valence-electron chi connectivity index (χ4n) is 3.95. The zero-order valence-electron chi connectivity index (χ0n) is 16.4. The highest BCUT2D eigenvalue weighted by Crippen LogP contribution is 2.36. The molecule has 0 radical (unpaired) electrons. The third-order valence-corrected chi connectivity index (χ3v) is 5.46. The summed E-state index contributed by atoms with van der Waals surface area (Å²) in [5, 5.41) is 9.70. The van der Waals surface area contributed by atoms with E-state index in [1.54, 1.807) is 19.2 Å². The molecular formula is C23H24F3N3. The summed E-state index contributed by atoms with van der Waals surface area (Å²) in [5.74, 6) is 0.479. The third kappa shape index (κ3) is 4.73. The minimum absolute atomic E-state index is 0.0633. The lowest BCUT2D eigenvalue weighted by Gasteiger charge is -2.38. The van der Waals surface area contributed by atoms with Gasteiger partial charge in [-0.05, 0) is 37.3 Å². The number of nitriles is 1. The van der Waals surface area contributed by atoms with Gasteiger partial charge in [0.1, 0.15) is 6.07 Å². The molecule has 3 nitrogen and oxygen atoms in total. The minimum atomic E-state index is -4.33. The van der Waals surface area contributed by atoms with Crippen LogP contribution in [-0.2, 0) is 0 Å². The quantitative estimate of drug-likeness (QED) is 0.637. The summed E-state index contributed by atoms with van der Waals surface area (Å²) >= 11 is 0. The van der Waals surface area contributed by atoms with Gasteiger partial charge in [-0.3, -0.25) is 0 Å². The van der Waals surface area contributed by atoms with Crippen molar-refractivity contribution in [1.29, 1.82) is 5.26 Å². The lowest BCUT2D eigenvalue weighted by Crippen LogP contribution is -2.35. The maximum absolute atomic E-state index is 12.9. The molecule has 3 rings (SSSR count). The number of piperidine rings is 1. The number of nitrogens with zero attached hydrogens (tertiary/aromatic N) is 3. The number of benzene rings is 1. The molecule has 0 bridgehead atoms. The molecule has 0 aliphatic carbocycles. The van der Waals surface area contributed by atoms with E-state index in [0.29, 0.717) is 11.5 Å². The minimum Gasteiger partial charge on any atom is -0.370 e. The Balaban J connectivity index is 1.75. The van der Waals surface area contributed by atoms with Crippen LogP contribution in [0.1, 0.15) is 37.7 Å². The van der Waals surface area contributed by atoms with Gasteiger partial charge < -0.3 is 9.80 Å².